The van der Waals surface area contributed by atoms with Gasteiger partial charge in [0.2, 0.25) is 0 Å². The van der Waals surface area contributed by atoms with Crippen molar-refractivity contribution in [2.45, 2.75) is 31.9 Å². The van der Waals surface area contributed by atoms with Crippen LogP contribution in [0.2, 0.25) is 0 Å². The van der Waals surface area contributed by atoms with Crippen LogP contribution >= 0.6 is 0 Å². The number of hydrogen-bond donors (Lipinski definition) is 1. The van der Waals surface area contributed by atoms with Crippen LogP contribution in [-0.2, 0) is 4.74 Å². The summed E-state index contributed by atoms with van der Waals surface area (Å²) in [7, 11) is 4.20. The van der Waals surface area contributed by atoms with Gasteiger partial charge in [0, 0.05) is 25.7 Å². The van der Waals surface area contributed by atoms with E-state index in [4.69, 9.17) is 4.74 Å². The van der Waals surface area contributed by atoms with E-state index in [9.17, 15) is 0 Å². The second kappa shape index (κ2) is 5.58. The molecule has 0 spiro atoms. The van der Waals surface area contributed by atoms with Gasteiger partial charge in [0.25, 0.3) is 0 Å². The van der Waals surface area contributed by atoms with Crippen LogP contribution in [0.3, 0.4) is 0 Å². The molecule has 0 aromatic rings. The Morgan fingerprint density at radius 3 is 2.85 bits per heavy atom. The van der Waals surface area contributed by atoms with Gasteiger partial charge in [-0.15, -0.1) is 0 Å². The highest BCUT2D eigenvalue weighted by Gasteiger charge is 2.15. The lowest BCUT2D eigenvalue weighted by atomic mass is 10.2. The predicted octanol–water partition coefficient (Wildman–Crippen LogP) is 0.705. The maximum absolute atomic E-state index is 5.53. The van der Waals surface area contributed by atoms with Crippen molar-refractivity contribution in [3.63, 3.8) is 0 Å². The number of hydrogen-bond acceptors (Lipinski definition) is 3. The number of nitrogens with one attached hydrogen (secondary N) is 1. The first-order chi connectivity index (χ1) is 6.18. The average Bonchev–Trinajstić information content (AvgIpc) is 2.51. The molecule has 3 heteroatoms. The van der Waals surface area contributed by atoms with Gasteiger partial charge >= 0.3 is 0 Å². The predicted molar refractivity (Wildman–Crippen MR) is 55.0 cm³/mol. The van der Waals surface area contributed by atoms with Crippen LogP contribution in [0.25, 0.3) is 0 Å². The summed E-state index contributed by atoms with van der Waals surface area (Å²) in [6.07, 6.45) is 2.92. The van der Waals surface area contributed by atoms with E-state index in [-0.39, 0.29) is 0 Å². The quantitative estimate of drug-likeness (QED) is 0.684. The van der Waals surface area contributed by atoms with E-state index < -0.39 is 0 Å². The average molecular weight is 186 g/mol. The fourth-order valence-corrected chi connectivity index (χ4v) is 1.75. The van der Waals surface area contributed by atoms with E-state index >= 15 is 0 Å². The molecule has 2 atom stereocenters. The van der Waals surface area contributed by atoms with Crippen molar-refractivity contribution in [3.05, 3.63) is 0 Å². The minimum Gasteiger partial charge on any atom is -0.377 e. The van der Waals surface area contributed by atoms with Gasteiger partial charge in [-0.1, -0.05) is 0 Å². The van der Waals surface area contributed by atoms with Gasteiger partial charge in [-0.05, 0) is 33.9 Å². The molecule has 1 rings (SSSR count). The Kier molecular flexibility index (Phi) is 4.70. The molecule has 0 aromatic carbocycles. The molecule has 78 valence electrons. The fraction of sp³-hybridized carbons (Fsp3) is 1.00. The van der Waals surface area contributed by atoms with Crippen LogP contribution < -0.4 is 5.32 Å². The van der Waals surface area contributed by atoms with Crippen LogP contribution in [0.15, 0.2) is 0 Å². The molecule has 0 radical (unpaired) electrons. The van der Waals surface area contributed by atoms with E-state index in [1.165, 1.54) is 12.8 Å². The Morgan fingerprint density at radius 2 is 2.31 bits per heavy atom. The van der Waals surface area contributed by atoms with Crippen LogP contribution in [0.5, 0.6) is 0 Å². The Morgan fingerprint density at radius 1 is 1.54 bits per heavy atom. The Labute approximate surface area is 81.4 Å². The summed E-state index contributed by atoms with van der Waals surface area (Å²) >= 11 is 0. The van der Waals surface area contributed by atoms with Crippen molar-refractivity contribution in [2.24, 2.45) is 0 Å². The Balaban J connectivity index is 2.03. The summed E-state index contributed by atoms with van der Waals surface area (Å²) in [6.45, 7) is 5.27. The van der Waals surface area contributed by atoms with Crippen molar-refractivity contribution in [2.75, 3.05) is 33.8 Å². The molecule has 1 N–H and O–H groups in total. The SMILES string of the molecule is CC(CN(C)C)NC[C@H]1CCCO1. The van der Waals surface area contributed by atoms with Crippen molar-refractivity contribution in [1.82, 2.24) is 10.2 Å². The van der Waals surface area contributed by atoms with E-state index in [1.54, 1.807) is 0 Å². The summed E-state index contributed by atoms with van der Waals surface area (Å²) in [4.78, 5) is 2.20. The van der Waals surface area contributed by atoms with Crippen molar-refractivity contribution >= 4 is 0 Å². The lowest BCUT2D eigenvalue weighted by molar-refractivity contribution is 0.107. The molecule has 0 saturated carbocycles. The van der Waals surface area contributed by atoms with Crippen molar-refractivity contribution in [1.29, 1.82) is 0 Å². The highest BCUT2D eigenvalue weighted by molar-refractivity contribution is 4.71. The molecule has 1 aliphatic rings. The molecule has 1 saturated heterocycles. The first-order valence-electron chi connectivity index (χ1n) is 5.18. The maximum Gasteiger partial charge on any atom is 0.0700 e. The number of ether oxygens (including phenoxy) is 1. The first-order valence-corrected chi connectivity index (χ1v) is 5.18. The second-order valence-corrected chi connectivity index (χ2v) is 4.21. The molecule has 13 heavy (non-hydrogen) atoms. The second-order valence-electron chi connectivity index (χ2n) is 4.21. The molecule has 0 bridgehead atoms. The zero-order valence-corrected chi connectivity index (χ0v) is 9.05. The van der Waals surface area contributed by atoms with E-state index in [2.05, 4.69) is 31.2 Å². The zero-order chi connectivity index (χ0) is 9.68. The van der Waals surface area contributed by atoms with Gasteiger partial charge in [-0.25, -0.2) is 0 Å². The van der Waals surface area contributed by atoms with E-state index in [0.717, 1.165) is 19.7 Å². The van der Waals surface area contributed by atoms with Crippen LogP contribution in [-0.4, -0.2) is 50.8 Å². The molecular formula is C10H22N2O. The van der Waals surface area contributed by atoms with Gasteiger partial charge in [0.1, 0.15) is 0 Å². The summed E-state index contributed by atoms with van der Waals surface area (Å²) in [6, 6.07) is 0.555. The number of nitrogens with zero attached hydrogens (tertiary/aromatic N) is 1. The fourth-order valence-electron chi connectivity index (χ4n) is 1.75. The molecule has 1 fully saturated rings. The highest BCUT2D eigenvalue weighted by Crippen LogP contribution is 2.10. The van der Waals surface area contributed by atoms with Gasteiger partial charge in [-0.2, -0.15) is 0 Å². The van der Waals surface area contributed by atoms with Gasteiger partial charge < -0.3 is 15.0 Å². The summed E-state index contributed by atoms with van der Waals surface area (Å²) in [5, 5.41) is 3.49. The Bertz CT molecular complexity index is 133. The lowest BCUT2D eigenvalue weighted by Gasteiger charge is -2.20. The first kappa shape index (κ1) is 11.0. The molecule has 0 aliphatic carbocycles. The van der Waals surface area contributed by atoms with E-state index in [0.29, 0.717) is 12.1 Å². The van der Waals surface area contributed by atoms with Crippen LogP contribution in [0.4, 0.5) is 0 Å². The smallest absolute Gasteiger partial charge is 0.0700 e. The summed E-state index contributed by atoms with van der Waals surface area (Å²) in [5.74, 6) is 0. The standard InChI is InChI=1S/C10H22N2O/c1-9(8-12(2)3)11-7-10-5-4-6-13-10/h9-11H,4-8H2,1-3H3/t9?,10-/m1/s1. The molecule has 1 heterocycles. The third kappa shape index (κ3) is 4.60. The molecule has 1 aliphatic heterocycles. The topological polar surface area (TPSA) is 24.5 Å². The minimum atomic E-state index is 0.463. The largest absolute Gasteiger partial charge is 0.377 e. The van der Waals surface area contributed by atoms with Gasteiger partial charge in [0.05, 0.1) is 6.10 Å². The molecular weight excluding hydrogens is 164 g/mol. The summed E-state index contributed by atoms with van der Waals surface area (Å²) < 4.78 is 5.53. The van der Waals surface area contributed by atoms with Crippen molar-refractivity contribution < 1.29 is 4.74 Å². The van der Waals surface area contributed by atoms with Gasteiger partial charge in [-0.3, -0.25) is 0 Å². The Hall–Kier alpha value is -0.120. The monoisotopic (exact) mass is 186 g/mol. The zero-order valence-electron chi connectivity index (χ0n) is 9.05. The normalized spacial score (nSPS) is 25.4. The number of likely N-dealkylation sites (N-methyl/N-ethyl adjacent to an activating group) is 1. The van der Waals surface area contributed by atoms with Gasteiger partial charge in [0.15, 0.2) is 0 Å². The maximum atomic E-state index is 5.53. The number of rotatable bonds is 5. The highest BCUT2D eigenvalue weighted by atomic mass is 16.5. The van der Waals surface area contributed by atoms with E-state index in [1.807, 2.05) is 0 Å². The third-order valence-corrected chi connectivity index (χ3v) is 2.36. The third-order valence-electron chi connectivity index (χ3n) is 2.36. The van der Waals surface area contributed by atoms with Crippen LogP contribution in [0.1, 0.15) is 19.8 Å². The molecule has 0 aromatic heterocycles. The summed E-state index contributed by atoms with van der Waals surface area (Å²) in [5.41, 5.74) is 0. The van der Waals surface area contributed by atoms with Crippen LogP contribution in [0, 0.1) is 0 Å². The molecule has 3 nitrogen and oxygen atoms in total. The van der Waals surface area contributed by atoms with Crippen molar-refractivity contribution in [3.8, 4) is 0 Å². The lowest BCUT2D eigenvalue weighted by Crippen LogP contribution is -2.39. The molecule has 0 amide bonds. The minimum absolute atomic E-state index is 0.463. The molecule has 1 unspecified atom stereocenters.